The first kappa shape index (κ1) is 12.5. The minimum atomic E-state index is -0.841. The Kier molecular flexibility index (Phi) is 4.11. The summed E-state index contributed by atoms with van der Waals surface area (Å²) in [6.07, 6.45) is 3.75. The molecular formula is C11H22N2O2. The minimum absolute atomic E-state index is 0.0345. The van der Waals surface area contributed by atoms with Crippen molar-refractivity contribution in [3.05, 3.63) is 0 Å². The number of hydrogen-bond donors (Lipinski definition) is 3. The highest BCUT2D eigenvalue weighted by molar-refractivity contribution is 5.78. The first-order valence-corrected chi connectivity index (χ1v) is 5.64. The topological polar surface area (TPSA) is 75.3 Å². The quantitative estimate of drug-likeness (QED) is 0.636. The van der Waals surface area contributed by atoms with Crippen LogP contribution < -0.4 is 11.1 Å². The molecule has 0 spiro atoms. The molecule has 0 heterocycles. The highest BCUT2D eigenvalue weighted by Gasteiger charge is 2.26. The second-order valence-electron chi connectivity index (χ2n) is 5.15. The fourth-order valence-corrected chi connectivity index (χ4v) is 1.91. The predicted octanol–water partition coefficient (Wildman–Crippen LogP) is 0.391. The van der Waals surface area contributed by atoms with Crippen molar-refractivity contribution in [2.24, 2.45) is 11.7 Å². The summed E-state index contributed by atoms with van der Waals surface area (Å²) in [7, 11) is 0. The Morgan fingerprint density at radius 1 is 1.53 bits per heavy atom. The summed E-state index contributed by atoms with van der Waals surface area (Å²) in [4.78, 5) is 11.7. The summed E-state index contributed by atoms with van der Waals surface area (Å²) in [6.45, 7) is 3.66. The van der Waals surface area contributed by atoms with E-state index in [-0.39, 0.29) is 17.9 Å². The molecule has 0 aromatic heterocycles. The molecule has 4 N–H and O–H groups in total. The van der Waals surface area contributed by atoms with Crippen molar-refractivity contribution >= 4 is 5.91 Å². The van der Waals surface area contributed by atoms with Gasteiger partial charge in [-0.15, -0.1) is 0 Å². The van der Waals surface area contributed by atoms with Crippen molar-refractivity contribution in [3.63, 3.8) is 0 Å². The van der Waals surface area contributed by atoms with E-state index >= 15 is 0 Å². The van der Waals surface area contributed by atoms with Gasteiger partial charge in [0.25, 0.3) is 0 Å². The van der Waals surface area contributed by atoms with Crippen LogP contribution >= 0.6 is 0 Å². The molecule has 15 heavy (non-hydrogen) atoms. The van der Waals surface area contributed by atoms with Crippen molar-refractivity contribution in [1.29, 1.82) is 0 Å². The van der Waals surface area contributed by atoms with Crippen LogP contribution in [0.25, 0.3) is 0 Å². The van der Waals surface area contributed by atoms with E-state index in [1.807, 2.05) is 0 Å². The maximum atomic E-state index is 11.7. The van der Waals surface area contributed by atoms with Gasteiger partial charge in [0.2, 0.25) is 5.91 Å². The van der Waals surface area contributed by atoms with Crippen molar-refractivity contribution in [2.75, 3.05) is 6.54 Å². The number of nitrogens with two attached hydrogens (primary N) is 1. The zero-order valence-electron chi connectivity index (χ0n) is 9.62. The largest absolute Gasteiger partial charge is 0.389 e. The number of carbonyl (C=O) groups is 1. The van der Waals surface area contributed by atoms with Crippen molar-refractivity contribution in [3.8, 4) is 0 Å². The maximum absolute atomic E-state index is 11.7. The van der Waals surface area contributed by atoms with E-state index in [1.165, 1.54) is 0 Å². The second-order valence-corrected chi connectivity index (χ2v) is 5.15. The summed E-state index contributed by atoms with van der Waals surface area (Å²) in [5, 5.41) is 12.2. The zero-order chi connectivity index (χ0) is 11.5. The molecule has 1 saturated carbocycles. The number of rotatable bonds is 3. The van der Waals surface area contributed by atoms with Crippen LogP contribution in [0.1, 0.15) is 39.5 Å². The summed E-state index contributed by atoms with van der Waals surface area (Å²) in [5.41, 5.74) is 4.97. The lowest BCUT2D eigenvalue weighted by Gasteiger charge is -2.27. The number of carbonyl (C=O) groups excluding carboxylic acids is 1. The molecule has 4 nitrogen and oxygen atoms in total. The van der Waals surface area contributed by atoms with E-state index in [1.54, 1.807) is 13.8 Å². The van der Waals surface area contributed by atoms with Crippen LogP contribution in [0.5, 0.6) is 0 Å². The average Bonchev–Trinajstić information content (AvgIpc) is 2.13. The standard InChI is InChI=1S/C11H22N2O2/c1-11(2,15)7-13-10(14)8-4-3-5-9(12)6-8/h8-9,15H,3-7,12H2,1-2H3,(H,13,14). The fraction of sp³-hybridized carbons (Fsp3) is 0.909. The molecule has 1 fully saturated rings. The lowest BCUT2D eigenvalue weighted by Crippen LogP contribution is -2.43. The lowest BCUT2D eigenvalue weighted by atomic mass is 9.85. The van der Waals surface area contributed by atoms with Crippen LogP contribution in [0.4, 0.5) is 0 Å². The van der Waals surface area contributed by atoms with Gasteiger partial charge in [-0.3, -0.25) is 4.79 Å². The molecule has 1 amide bonds. The SMILES string of the molecule is CC(C)(O)CNC(=O)C1CCCC(N)C1. The molecule has 0 aromatic carbocycles. The third-order valence-corrected chi connectivity index (χ3v) is 2.78. The Morgan fingerprint density at radius 2 is 2.20 bits per heavy atom. The fourth-order valence-electron chi connectivity index (χ4n) is 1.91. The summed E-state index contributed by atoms with van der Waals surface area (Å²) in [6, 6.07) is 0.164. The molecule has 0 saturated heterocycles. The molecule has 2 atom stereocenters. The Bertz CT molecular complexity index is 223. The van der Waals surface area contributed by atoms with Gasteiger partial charge in [0.05, 0.1) is 5.60 Å². The molecule has 88 valence electrons. The van der Waals surface area contributed by atoms with Gasteiger partial charge < -0.3 is 16.2 Å². The van der Waals surface area contributed by atoms with Gasteiger partial charge in [-0.25, -0.2) is 0 Å². The van der Waals surface area contributed by atoms with Crippen LogP contribution in [0.15, 0.2) is 0 Å². The van der Waals surface area contributed by atoms with Crippen LogP contribution in [-0.4, -0.2) is 29.2 Å². The van der Waals surface area contributed by atoms with Crippen molar-refractivity contribution in [1.82, 2.24) is 5.32 Å². The third-order valence-electron chi connectivity index (χ3n) is 2.78. The third kappa shape index (κ3) is 4.62. The Morgan fingerprint density at radius 3 is 2.73 bits per heavy atom. The zero-order valence-corrected chi connectivity index (χ0v) is 9.62. The average molecular weight is 214 g/mol. The molecule has 1 aliphatic carbocycles. The van der Waals surface area contributed by atoms with E-state index in [4.69, 9.17) is 5.73 Å². The molecular weight excluding hydrogens is 192 g/mol. The van der Waals surface area contributed by atoms with E-state index in [0.717, 1.165) is 25.7 Å². The Hall–Kier alpha value is -0.610. The minimum Gasteiger partial charge on any atom is -0.389 e. The Labute approximate surface area is 91.2 Å². The number of nitrogens with one attached hydrogen (secondary N) is 1. The highest BCUT2D eigenvalue weighted by atomic mass is 16.3. The molecule has 0 radical (unpaired) electrons. The number of amides is 1. The summed E-state index contributed by atoms with van der Waals surface area (Å²) >= 11 is 0. The molecule has 0 aromatic rings. The number of hydrogen-bond acceptors (Lipinski definition) is 3. The van der Waals surface area contributed by atoms with Gasteiger partial charge in [-0.2, -0.15) is 0 Å². The number of aliphatic hydroxyl groups is 1. The van der Waals surface area contributed by atoms with Gasteiger partial charge in [0.1, 0.15) is 0 Å². The smallest absolute Gasteiger partial charge is 0.223 e. The normalized spacial score (nSPS) is 27.5. The molecule has 0 bridgehead atoms. The van der Waals surface area contributed by atoms with Crippen LogP contribution in [-0.2, 0) is 4.79 Å². The van der Waals surface area contributed by atoms with Crippen LogP contribution in [0.2, 0.25) is 0 Å². The van der Waals surface area contributed by atoms with Crippen molar-refractivity contribution < 1.29 is 9.90 Å². The monoisotopic (exact) mass is 214 g/mol. The molecule has 1 aliphatic rings. The van der Waals surface area contributed by atoms with E-state index in [9.17, 15) is 9.90 Å². The molecule has 0 aliphatic heterocycles. The molecule has 1 rings (SSSR count). The summed E-state index contributed by atoms with van der Waals surface area (Å²) < 4.78 is 0. The first-order chi connectivity index (χ1) is 6.88. The van der Waals surface area contributed by atoms with Gasteiger partial charge in [-0.05, 0) is 33.1 Å². The Balaban J connectivity index is 2.33. The maximum Gasteiger partial charge on any atom is 0.223 e. The second kappa shape index (κ2) is 4.94. The van der Waals surface area contributed by atoms with Crippen LogP contribution in [0.3, 0.4) is 0 Å². The van der Waals surface area contributed by atoms with E-state index < -0.39 is 5.60 Å². The van der Waals surface area contributed by atoms with Gasteiger partial charge in [0, 0.05) is 18.5 Å². The van der Waals surface area contributed by atoms with Gasteiger partial charge >= 0.3 is 0 Å². The van der Waals surface area contributed by atoms with Gasteiger partial charge in [0.15, 0.2) is 0 Å². The van der Waals surface area contributed by atoms with Crippen molar-refractivity contribution in [2.45, 2.75) is 51.2 Å². The lowest BCUT2D eigenvalue weighted by molar-refractivity contribution is -0.127. The first-order valence-electron chi connectivity index (χ1n) is 5.64. The highest BCUT2D eigenvalue weighted by Crippen LogP contribution is 2.23. The van der Waals surface area contributed by atoms with Crippen LogP contribution in [0, 0.1) is 5.92 Å². The van der Waals surface area contributed by atoms with Gasteiger partial charge in [-0.1, -0.05) is 6.42 Å². The predicted molar refractivity (Wildman–Crippen MR) is 59.2 cm³/mol. The van der Waals surface area contributed by atoms with E-state index in [2.05, 4.69) is 5.32 Å². The molecule has 2 unspecified atom stereocenters. The van der Waals surface area contributed by atoms with E-state index in [0.29, 0.717) is 6.54 Å². The molecule has 4 heteroatoms. The summed E-state index contributed by atoms with van der Waals surface area (Å²) in [5.74, 6) is 0.0726.